The summed E-state index contributed by atoms with van der Waals surface area (Å²) in [7, 11) is 0. The number of hydrogen-bond donors (Lipinski definition) is 1. The molecule has 2 aromatic rings. The van der Waals surface area contributed by atoms with Crippen molar-refractivity contribution in [2.45, 2.75) is 26.2 Å². The molecule has 1 fully saturated rings. The first-order valence-corrected chi connectivity index (χ1v) is 9.24. The van der Waals surface area contributed by atoms with Crippen molar-refractivity contribution >= 4 is 17.3 Å². The lowest BCUT2D eigenvalue weighted by molar-refractivity contribution is 0.0746. The van der Waals surface area contributed by atoms with E-state index in [0.29, 0.717) is 37.4 Å². The van der Waals surface area contributed by atoms with Crippen LogP contribution in [0.25, 0.3) is 0 Å². The number of benzene rings is 2. The molecule has 1 saturated heterocycles. The van der Waals surface area contributed by atoms with E-state index in [0.717, 1.165) is 11.3 Å². The molecule has 0 aromatic heterocycles. The Hall–Kier alpha value is -3.00. The molecule has 1 amide bonds. The van der Waals surface area contributed by atoms with Gasteiger partial charge in [0.05, 0.1) is 11.3 Å². The van der Waals surface area contributed by atoms with Crippen molar-refractivity contribution in [1.29, 1.82) is 5.26 Å². The number of anilines is 2. The fraction of sp³-hybridized carbons (Fsp3) is 0.364. The maximum atomic E-state index is 12.8. The van der Waals surface area contributed by atoms with Crippen LogP contribution in [-0.4, -0.2) is 37.0 Å². The number of amides is 1. The van der Waals surface area contributed by atoms with Crippen LogP contribution in [-0.2, 0) is 5.41 Å². The number of carbonyl (C=O) groups excluding carboxylic acids is 1. The summed E-state index contributed by atoms with van der Waals surface area (Å²) in [5.74, 6) is 0.0629. The molecule has 5 nitrogen and oxygen atoms in total. The minimum Gasteiger partial charge on any atom is -0.399 e. The lowest BCUT2D eigenvalue weighted by Gasteiger charge is -2.36. The van der Waals surface area contributed by atoms with Gasteiger partial charge in [-0.3, -0.25) is 4.79 Å². The molecule has 27 heavy (non-hydrogen) atoms. The van der Waals surface area contributed by atoms with E-state index in [2.05, 4.69) is 31.7 Å². The number of rotatable bonds is 2. The topological polar surface area (TPSA) is 73.4 Å². The van der Waals surface area contributed by atoms with Crippen molar-refractivity contribution in [2.24, 2.45) is 0 Å². The number of nitriles is 1. The SMILES string of the molecule is CC(C)(C)c1ccc(C(=O)N2CCN(c3ccc(N)cc3C#N)CC2)cc1. The molecule has 0 atom stereocenters. The molecule has 1 heterocycles. The summed E-state index contributed by atoms with van der Waals surface area (Å²) >= 11 is 0. The van der Waals surface area contributed by atoms with Crippen molar-refractivity contribution in [2.75, 3.05) is 36.8 Å². The summed E-state index contributed by atoms with van der Waals surface area (Å²) in [6.45, 7) is 9.15. The van der Waals surface area contributed by atoms with Crippen LogP contribution >= 0.6 is 0 Å². The van der Waals surface area contributed by atoms with E-state index in [1.165, 1.54) is 5.56 Å². The van der Waals surface area contributed by atoms with Crippen molar-refractivity contribution < 1.29 is 4.79 Å². The largest absolute Gasteiger partial charge is 0.399 e. The Kier molecular flexibility index (Phi) is 5.09. The van der Waals surface area contributed by atoms with Gasteiger partial charge in [0.25, 0.3) is 5.91 Å². The smallest absolute Gasteiger partial charge is 0.253 e. The van der Waals surface area contributed by atoms with Gasteiger partial charge in [-0.25, -0.2) is 0 Å². The second-order valence-corrected chi connectivity index (χ2v) is 7.99. The maximum Gasteiger partial charge on any atom is 0.253 e. The molecule has 0 radical (unpaired) electrons. The van der Waals surface area contributed by atoms with Crippen molar-refractivity contribution in [3.05, 3.63) is 59.2 Å². The van der Waals surface area contributed by atoms with Gasteiger partial charge in [0.15, 0.2) is 0 Å². The fourth-order valence-corrected chi connectivity index (χ4v) is 3.36. The minimum absolute atomic E-state index is 0.0629. The zero-order valence-electron chi connectivity index (χ0n) is 16.2. The van der Waals surface area contributed by atoms with Crippen LogP contribution in [0, 0.1) is 11.3 Å². The predicted octanol–water partition coefficient (Wildman–Crippen LogP) is 3.40. The monoisotopic (exact) mass is 362 g/mol. The van der Waals surface area contributed by atoms with E-state index in [-0.39, 0.29) is 11.3 Å². The molecule has 2 N–H and O–H groups in total. The highest BCUT2D eigenvalue weighted by molar-refractivity contribution is 5.94. The quantitative estimate of drug-likeness (QED) is 0.831. The predicted molar refractivity (Wildman–Crippen MR) is 109 cm³/mol. The van der Waals surface area contributed by atoms with Gasteiger partial charge < -0.3 is 15.5 Å². The van der Waals surface area contributed by atoms with Gasteiger partial charge in [0.2, 0.25) is 0 Å². The zero-order valence-corrected chi connectivity index (χ0v) is 16.2. The Morgan fingerprint density at radius 3 is 2.22 bits per heavy atom. The third-order valence-corrected chi connectivity index (χ3v) is 5.05. The van der Waals surface area contributed by atoms with E-state index < -0.39 is 0 Å². The van der Waals surface area contributed by atoms with Crippen molar-refractivity contribution in [1.82, 2.24) is 4.90 Å². The van der Waals surface area contributed by atoms with Crippen molar-refractivity contribution in [3.8, 4) is 6.07 Å². The van der Waals surface area contributed by atoms with E-state index in [9.17, 15) is 10.1 Å². The van der Waals surface area contributed by atoms with Gasteiger partial charge in [0.1, 0.15) is 6.07 Å². The standard InChI is InChI=1S/C22H26N4O/c1-22(2,3)18-6-4-16(5-7-18)21(27)26-12-10-25(11-13-26)20-9-8-19(24)14-17(20)15-23/h4-9,14H,10-13,24H2,1-3H3. The van der Waals surface area contributed by atoms with E-state index in [1.54, 1.807) is 6.07 Å². The third kappa shape index (κ3) is 4.06. The van der Waals surface area contributed by atoms with Crippen LogP contribution in [0.3, 0.4) is 0 Å². The van der Waals surface area contributed by atoms with Gasteiger partial charge in [-0.15, -0.1) is 0 Å². The molecule has 140 valence electrons. The van der Waals surface area contributed by atoms with Crippen LogP contribution in [0.4, 0.5) is 11.4 Å². The molecule has 0 aliphatic carbocycles. The lowest BCUT2D eigenvalue weighted by atomic mass is 9.86. The molecular weight excluding hydrogens is 336 g/mol. The number of carbonyl (C=O) groups is 1. The molecule has 0 unspecified atom stereocenters. The second kappa shape index (κ2) is 7.32. The van der Waals surface area contributed by atoms with Gasteiger partial charge in [0, 0.05) is 37.4 Å². The maximum absolute atomic E-state index is 12.8. The molecule has 0 bridgehead atoms. The summed E-state index contributed by atoms with van der Waals surface area (Å²) in [4.78, 5) is 16.8. The average molecular weight is 362 g/mol. The number of hydrogen-bond acceptors (Lipinski definition) is 4. The Balaban J connectivity index is 1.67. The number of nitrogen functional groups attached to an aromatic ring is 1. The van der Waals surface area contributed by atoms with Gasteiger partial charge >= 0.3 is 0 Å². The van der Waals surface area contributed by atoms with Crippen LogP contribution in [0.5, 0.6) is 0 Å². The number of nitrogens with zero attached hydrogens (tertiary/aromatic N) is 3. The fourth-order valence-electron chi connectivity index (χ4n) is 3.36. The van der Waals surface area contributed by atoms with Gasteiger partial charge in [-0.05, 0) is 41.3 Å². The normalized spacial score (nSPS) is 14.7. The molecule has 1 aliphatic rings. The summed E-state index contributed by atoms with van der Waals surface area (Å²) in [5.41, 5.74) is 9.84. The molecule has 5 heteroatoms. The number of piperazine rings is 1. The molecule has 0 saturated carbocycles. The van der Waals surface area contributed by atoms with Crippen LogP contribution in [0.15, 0.2) is 42.5 Å². The van der Waals surface area contributed by atoms with Crippen LogP contribution < -0.4 is 10.6 Å². The van der Waals surface area contributed by atoms with E-state index >= 15 is 0 Å². The first-order valence-electron chi connectivity index (χ1n) is 9.24. The Bertz CT molecular complexity index is 867. The van der Waals surface area contributed by atoms with Gasteiger partial charge in [-0.1, -0.05) is 32.9 Å². The van der Waals surface area contributed by atoms with Crippen LogP contribution in [0.1, 0.15) is 42.3 Å². The third-order valence-electron chi connectivity index (χ3n) is 5.05. The Labute approximate surface area is 161 Å². The molecular formula is C22H26N4O. The summed E-state index contributed by atoms with van der Waals surface area (Å²) in [6.07, 6.45) is 0. The molecule has 2 aromatic carbocycles. The summed E-state index contributed by atoms with van der Waals surface area (Å²) in [5, 5.41) is 9.35. The Morgan fingerprint density at radius 1 is 1.04 bits per heavy atom. The summed E-state index contributed by atoms with van der Waals surface area (Å²) in [6, 6.07) is 15.5. The minimum atomic E-state index is 0.0629. The van der Waals surface area contributed by atoms with Gasteiger partial charge in [-0.2, -0.15) is 5.26 Å². The van der Waals surface area contributed by atoms with E-state index in [4.69, 9.17) is 5.73 Å². The van der Waals surface area contributed by atoms with Crippen molar-refractivity contribution in [3.63, 3.8) is 0 Å². The first kappa shape index (κ1) is 18.8. The highest BCUT2D eigenvalue weighted by Crippen LogP contribution is 2.25. The lowest BCUT2D eigenvalue weighted by Crippen LogP contribution is -2.49. The van der Waals surface area contributed by atoms with Crippen LogP contribution in [0.2, 0.25) is 0 Å². The first-order chi connectivity index (χ1) is 12.8. The molecule has 3 rings (SSSR count). The zero-order chi connectivity index (χ0) is 19.6. The summed E-state index contributed by atoms with van der Waals surface area (Å²) < 4.78 is 0. The second-order valence-electron chi connectivity index (χ2n) is 7.99. The molecule has 1 aliphatic heterocycles. The highest BCUT2D eigenvalue weighted by Gasteiger charge is 2.24. The van der Waals surface area contributed by atoms with E-state index in [1.807, 2.05) is 41.3 Å². The average Bonchev–Trinajstić information content (AvgIpc) is 2.67. The number of nitrogens with two attached hydrogens (primary N) is 1. The Morgan fingerprint density at radius 2 is 1.67 bits per heavy atom. The molecule has 0 spiro atoms. The highest BCUT2D eigenvalue weighted by atomic mass is 16.2.